The Labute approximate surface area is 120 Å². The van der Waals surface area contributed by atoms with Crippen LogP contribution >= 0.6 is 0 Å². The summed E-state index contributed by atoms with van der Waals surface area (Å²) >= 11 is 0. The van der Waals surface area contributed by atoms with E-state index < -0.39 is 0 Å². The lowest BCUT2D eigenvalue weighted by Crippen LogP contribution is -2.38. The number of hydrogen-bond donors (Lipinski definition) is 1. The Morgan fingerprint density at radius 3 is 2.80 bits per heavy atom. The van der Waals surface area contributed by atoms with Gasteiger partial charge in [0.05, 0.1) is 13.7 Å². The summed E-state index contributed by atoms with van der Waals surface area (Å²) in [5, 5.41) is 0. The Balaban J connectivity index is 1.95. The molecule has 2 N–H and O–H groups in total. The van der Waals surface area contributed by atoms with Gasteiger partial charge in [-0.2, -0.15) is 0 Å². The molecule has 0 unspecified atom stereocenters. The number of carbonyl (C=O) groups is 1. The van der Waals surface area contributed by atoms with Crippen LogP contribution in [0.15, 0.2) is 24.3 Å². The molecule has 0 spiro atoms. The molecule has 0 bridgehead atoms. The minimum Gasteiger partial charge on any atom is -0.496 e. The molecule has 1 amide bonds. The predicted molar refractivity (Wildman–Crippen MR) is 78.5 cm³/mol. The van der Waals surface area contributed by atoms with E-state index in [1.807, 2.05) is 23.1 Å². The van der Waals surface area contributed by atoms with Crippen molar-refractivity contribution in [2.24, 2.45) is 5.73 Å². The van der Waals surface area contributed by atoms with Gasteiger partial charge in [0.2, 0.25) is 5.91 Å². The summed E-state index contributed by atoms with van der Waals surface area (Å²) in [6.07, 6.45) is 0.987. The fourth-order valence-electron chi connectivity index (χ4n) is 2.58. The van der Waals surface area contributed by atoms with Crippen molar-refractivity contribution in [3.63, 3.8) is 0 Å². The van der Waals surface area contributed by atoms with Gasteiger partial charge in [0.1, 0.15) is 5.75 Å². The van der Waals surface area contributed by atoms with Crippen LogP contribution in [0.5, 0.6) is 5.75 Å². The van der Waals surface area contributed by atoms with Crippen molar-refractivity contribution in [1.82, 2.24) is 9.80 Å². The summed E-state index contributed by atoms with van der Waals surface area (Å²) in [5.41, 5.74) is 6.62. The monoisotopic (exact) mass is 277 g/mol. The molecule has 1 aromatic rings. The first-order valence-electron chi connectivity index (χ1n) is 7.06. The molecule has 0 atom stereocenters. The number of para-hydroxylation sites is 1. The zero-order valence-electron chi connectivity index (χ0n) is 12.0. The van der Waals surface area contributed by atoms with Crippen molar-refractivity contribution < 1.29 is 9.53 Å². The van der Waals surface area contributed by atoms with E-state index in [2.05, 4.69) is 11.0 Å². The van der Waals surface area contributed by atoms with Crippen LogP contribution in [0.3, 0.4) is 0 Å². The predicted octanol–water partition coefficient (Wildman–Crippen LogP) is 0.688. The first-order chi connectivity index (χ1) is 9.74. The van der Waals surface area contributed by atoms with Crippen molar-refractivity contribution in [1.29, 1.82) is 0 Å². The van der Waals surface area contributed by atoms with Crippen molar-refractivity contribution in [3.05, 3.63) is 29.8 Å². The minimum atomic E-state index is 0.0455. The lowest BCUT2D eigenvalue weighted by molar-refractivity contribution is -0.129. The van der Waals surface area contributed by atoms with Crippen LogP contribution in [0.4, 0.5) is 0 Å². The first-order valence-corrected chi connectivity index (χ1v) is 7.06. The zero-order chi connectivity index (χ0) is 14.4. The number of nitrogens with zero attached hydrogens (tertiary/aromatic N) is 2. The SMILES string of the molecule is COc1ccccc1CN1CCCN(C(=O)CN)CC1. The van der Waals surface area contributed by atoms with Gasteiger partial charge in [-0.1, -0.05) is 18.2 Å². The third-order valence-corrected chi connectivity index (χ3v) is 3.70. The van der Waals surface area contributed by atoms with E-state index in [0.29, 0.717) is 0 Å². The van der Waals surface area contributed by atoms with E-state index in [0.717, 1.165) is 44.9 Å². The summed E-state index contributed by atoms with van der Waals surface area (Å²) in [4.78, 5) is 15.9. The number of ether oxygens (including phenoxy) is 1. The van der Waals surface area contributed by atoms with Crippen LogP contribution < -0.4 is 10.5 Å². The third kappa shape index (κ3) is 3.71. The van der Waals surface area contributed by atoms with Crippen LogP contribution in [0.25, 0.3) is 0 Å². The molecule has 0 saturated carbocycles. The molecule has 5 nitrogen and oxygen atoms in total. The lowest BCUT2D eigenvalue weighted by atomic mass is 10.2. The maximum absolute atomic E-state index is 11.6. The molecule has 0 aromatic heterocycles. The van der Waals surface area contributed by atoms with Gasteiger partial charge in [-0.25, -0.2) is 0 Å². The highest BCUT2D eigenvalue weighted by Crippen LogP contribution is 2.19. The van der Waals surface area contributed by atoms with Crippen LogP contribution in [0.1, 0.15) is 12.0 Å². The Morgan fingerprint density at radius 1 is 1.25 bits per heavy atom. The molecule has 1 aliphatic heterocycles. The summed E-state index contributed by atoms with van der Waals surface area (Å²) in [6.45, 7) is 4.39. The largest absolute Gasteiger partial charge is 0.496 e. The number of benzene rings is 1. The van der Waals surface area contributed by atoms with Gasteiger partial charge in [0.25, 0.3) is 0 Å². The highest BCUT2D eigenvalue weighted by atomic mass is 16.5. The zero-order valence-corrected chi connectivity index (χ0v) is 12.0. The second kappa shape index (κ2) is 7.26. The molecular formula is C15H23N3O2. The van der Waals surface area contributed by atoms with E-state index in [9.17, 15) is 4.79 Å². The number of carbonyl (C=O) groups excluding carboxylic acids is 1. The second-order valence-corrected chi connectivity index (χ2v) is 5.03. The van der Waals surface area contributed by atoms with E-state index >= 15 is 0 Å². The quantitative estimate of drug-likeness (QED) is 0.879. The van der Waals surface area contributed by atoms with Gasteiger partial charge in [0, 0.05) is 38.3 Å². The average molecular weight is 277 g/mol. The fourth-order valence-corrected chi connectivity index (χ4v) is 2.58. The van der Waals surface area contributed by atoms with Crippen LogP contribution in [-0.2, 0) is 11.3 Å². The van der Waals surface area contributed by atoms with Gasteiger partial charge in [-0.3, -0.25) is 9.69 Å². The molecule has 0 aliphatic carbocycles. The molecule has 2 rings (SSSR count). The maximum atomic E-state index is 11.6. The van der Waals surface area contributed by atoms with Crippen molar-refractivity contribution in [2.75, 3.05) is 39.8 Å². The molecule has 1 heterocycles. The van der Waals surface area contributed by atoms with Gasteiger partial charge in [0.15, 0.2) is 0 Å². The van der Waals surface area contributed by atoms with Crippen LogP contribution in [0, 0.1) is 0 Å². The Bertz CT molecular complexity index is 450. The first kappa shape index (κ1) is 14.8. The molecule has 20 heavy (non-hydrogen) atoms. The van der Waals surface area contributed by atoms with Gasteiger partial charge in [-0.15, -0.1) is 0 Å². The molecule has 1 saturated heterocycles. The third-order valence-electron chi connectivity index (χ3n) is 3.70. The Morgan fingerprint density at radius 2 is 2.05 bits per heavy atom. The number of nitrogens with two attached hydrogens (primary N) is 1. The minimum absolute atomic E-state index is 0.0455. The van der Waals surface area contributed by atoms with Crippen molar-refractivity contribution >= 4 is 5.91 Å². The maximum Gasteiger partial charge on any atom is 0.236 e. The van der Waals surface area contributed by atoms with Crippen molar-refractivity contribution in [3.8, 4) is 5.75 Å². The van der Waals surface area contributed by atoms with Gasteiger partial charge < -0.3 is 15.4 Å². The van der Waals surface area contributed by atoms with Crippen LogP contribution in [0.2, 0.25) is 0 Å². The van der Waals surface area contributed by atoms with E-state index in [4.69, 9.17) is 10.5 Å². The summed E-state index contributed by atoms with van der Waals surface area (Å²) in [7, 11) is 1.70. The molecule has 1 aliphatic rings. The van der Waals surface area contributed by atoms with Crippen molar-refractivity contribution in [2.45, 2.75) is 13.0 Å². The van der Waals surface area contributed by atoms with E-state index in [-0.39, 0.29) is 12.5 Å². The number of amides is 1. The number of hydrogen-bond acceptors (Lipinski definition) is 4. The number of rotatable bonds is 4. The standard InChI is InChI=1S/C15H23N3O2/c1-20-14-6-3-2-5-13(14)12-17-7-4-8-18(10-9-17)15(19)11-16/h2-3,5-6H,4,7-12,16H2,1H3. The number of methoxy groups -OCH3 is 1. The van der Waals surface area contributed by atoms with E-state index in [1.54, 1.807) is 7.11 Å². The molecular weight excluding hydrogens is 254 g/mol. The highest BCUT2D eigenvalue weighted by Gasteiger charge is 2.18. The smallest absolute Gasteiger partial charge is 0.236 e. The summed E-state index contributed by atoms with van der Waals surface area (Å²) in [5.74, 6) is 0.968. The second-order valence-electron chi connectivity index (χ2n) is 5.03. The van der Waals surface area contributed by atoms with Crippen LogP contribution in [-0.4, -0.2) is 55.5 Å². The Kier molecular flexibility index (Phi) is 5.38. The van der Waals surface area contributed by atoms with Gasteiger partial charge >= 0.3 is 0 Å². The average Bonchev–Trinajstić information content (AvgIpc) is 2.72. The van der Waals surface area contributed by atoms with E-state index in [1.165, 1.54) is 5.56 Å². The lowest BCUT2D eigenvalue weighted by Gasteiger charge is -2.22. The summed E-state index contributed by atoms with van der Waals surface area (Å²) < 4.78 is 5.39. The molecule has 5 heteroatoms. The Hall–Kier alpha value is -1.59. The molecule has 1 fully saturated rings. The fraction of sp³-hybridized carbons (Fsp3) is 0.533. The highest BCUT2D eigenvalue weighted by molar-refractivity contribution is 5.78. The van der Waals surface area contributed by atoms with Gasteiger partial charge in [-0.05, 0) is 12.5 Å². The topological polar surface area (TPSA) is 58.8 Å². The normalized spacial score (nSPS) is 16.8. The summed E-state index contributed by atoms with van der Waals surface area (Å²) in [6, 6.07) is 8.08. The molecule has 0 radical (unpaired) electrons. The molecule has 110 valence electrons. The molecule has 1 aromatic carbocycles.